The van der Waals surface area contributed by atoms with Gasteiger partial charge in [-0.05, 0) is 24.6 Å². The monoisotopic (exact) mass is 268 g/mol. The number of carbonyl (C=O) groups is 1. The molecule has 0 unspecified atom stereocenters. The van der Waals surface area contributed by atoms with E-state index in [4.69, 9.17) is 0 Å². The molecule has 1 aromatic carbocycles. The maximum absolute atomic E-state index is 13.3. The Labute approximate surface area is 114 Å². The molecule has 0 bridgehead atoms. The SMILES string of the molecule is CCCCCCCCCC(=O)c1cc(F)ccc1F. The molecular weight excluding hydrogens is 246 g/mol. The van der Waals surface area contributed by atoms with Crippen LogP contribution in [0, 0.1) is 11.6 Å². The first-order valence-corrected chi connectivity index (χ1v) is 7.13. The number of halogens is 2. The molecule has 19 heavy (non-hydrogen) atoms. The highest BCUT2D eigenvalue weighted by Crippen LogP contribution is 2.15. The molecule has 1 aromatic rings. The number of hydrogen-bond donors (Lipinski definition) is 0. The van der Waals surface area contributed by atoms with Crippen LogP contribution in [0.2, 0.25) is 0 Å². The van der Waals surface area contributed by atoms with Crippen LogP contribution in [-0.2, 0) is 0 Å². The van der Waals surface area contributed by atoms with Crippen molar-refractivity contribution in [1.29, 1.82) is 0 Å². The summed E-state index contributed by atoms with van der Waals surface area (Å²) < 4.78 is 26.3. The molecule has 0 radical (unpaired) electrons. The molecule has 0 saturated heterocycles. The quantitative estimate of drug-likeness (QED) is 0.439. The Hall–Kier alpha value is -1.25. The lowest BCUT2D eigenvalue weighted by Gasteiger charge is -2.03. The van der Waals surface area contributed by atoms with Crippen LogP contribution >= 0.6 is 0 Å². The van der Waals surface area contributed by atoms with Crippen molar-refractivity contribution in [2.75, 3.05) is 0 Å². The Morgan fingerprint density at radius 2 is 1.63 bits per heavy atom. The number of hydrogen-bond acceptors (Lipinski definition) is 1. The fourth-order valence-corrected chi connectivity index (χ4v) is 2.09. The number of unbranched alkanes of at least 4 members (excludes halogenated alkanes) is 6. The number of rotatable bonds is 9. The lowest BCUT2D eigenvalue weighted by molar-refractivity contribution is 0.0974. The molecule has 0 heterocycles. The maximum atomic E-state index is 13.3. The Morgan fingerprint density at radius 1 is 1.00 bits per heavy atom. The number of ketones is 1. The van der Waals surface area contributed by atoms with Gasteiger partial charge in [0, 0.05) is 6.42 Å². The van der Waals surface area contributed by atoms with Crippen molar-refractivity contribution in [3.8, 4) is 0 Å². The fraction of sp³-hybridized carbons (Fsp3) is 0.562. The van der Waals surface area contributed by atoms with Gasteiger partial charge in [0.25, 0.3) is 0 Å². The largest absolute Gasteiger partial charge is 0.294 e. The second kappa shape index (κ2) is 8.78. The van der Waals surface area contributed by atoms with Crippen molar-refractivity contribution in [2.45, 2.75) is 58.3 Å². The topological polar surface area (TPSA) is 17.1 Å². The van der Waals surface area contributed by atoms with Gasteiger partial charge in [0.05, 0.1) is 5.56 Å². The van der Waals surface area contributed by atoms with E-state index >= 15 is 0 Å². The molecule has 0 aliphatic heterocycles. The average Bonchev–Trinajstić information content (AvgIpc) is 2.40. The van der Waals surface area contributed by atoms with Gasteiger partial charge in [-0.1, -0.05) is 45.4 Å². The summed E-state index contributed by atoms with van der Waals surface area (Å²) in [5, 5.41) is 0. The van der Waals surface area contributed by atoms with E-state index < -0.39 is 11.6 Å². The third kappa shape index (κ3) is 5.95. The molecular formula is C16H22F2O. The van der Waals surface area contributed by atoms with Gasteiger partial charge in [0.2, 0.25) is 0 Å². The highest BCUT2D eigenvalue weighted by atomic mass is 19.1. The summed E-state index contributed by atoms with van der Waals surface area (Å²) in [5.41, 5.74) is -0.119. The lowest BCUT2D eigenvalue weighted by atomic mass is 10.0. The van der Waals surface area contributed by atoms with E-state index in [9.17, 15) is 13.6 Å². The van der Waals surface area contributed by atoms with Gasteiger partial charge in [-0.2, -0.15) is 0 Å². The van der Waals surface area contributed by atoms with Crippen molar-refractivity contribution >= 4 is 5.78 Å². The van der Waals surface area contributed by atoms with Crippen LogP contribution < -0.4 is 0 Å². The fourth-order valence-electron chi connectivity index (χ4n) is 2.09. The van der Waals surface area contributed by atoms with Gasteiger partial charge in [0.1, 0.15) is 11.6 Å². The molecule has 0 aliphatic rings. The molecule has 0 aromatic heterocycles. The van der Waals surface area contributed by atoms with Gasteiger partial charge in [-0.25, -0.2) is 8.78 Å². The zero-order chi connectivity index (χ0) is 14.1. The van der Waals surface area contributed by atoms with Crippen LogP contribution in [0.5, 0.6) is 0 Å². The van der Waals surface area contributed by atoms with E-state index in [1.54, 1.807) is 0 Å². The molecule has 106 valence electrons. The molecule has 0 aliphatic carbocycles. The minimum atomic E-state index is -0.630. The molecule has 3 heteroatoms. The van der Waals surface area contributed by atoms with E-state index in [1.165, 1.54) is 25.7 Å². The predicted molar refractivity (Wildman–Crippen MR) is 73.3 cm³/mol. The predicted octanol–water partition coefficient (Wildman–Crippen LogP) is 5.29. The molecule has 0 atom stereocenters. The van der Waals surface area contributed by atoms with E-state index in [2.05, 4.69) is 6.92 Å². The van der Waals surface area contributed by atoms with Gasteiger partial charge in [0.15, 0.2) is 5.78 Å². The van der Waals surface area contributed by atoms with Crippen molar-refractivity contribution in [3.63, 3.8) is 0 Å². The Bertz CT molecular complexity index is 402. The first-order chi connectivity index (χ1) is 9.15. The van der Waals surface area contributed by atoms with E-state index in [0.29, 0.717) is 6.42 Å². The summed E-state index contributed by atoms with van der Waals surface area (Å²) in [5.74, 6) is -1.50. The third-order valence-electron chi connectivity index (χ3n) is 3.24. The standard InChI is InChI=1S/C16H22F2O/c1-2-3-4-5-6-7-8-9-16(19)14-12-13(17)10-11-15(14)18/h10-12H,2-9H2,1H3. The molecule has 0 amide bonds. The molecule has 1 nitrogen and oxygen atoms in total. The van der Waals surface area contributed by atoms with Crippen LogP contribution in [0.3, 0.4) is 0 Å². The molecule has 1 rings (SSSR count). The van der Waals surface area contributed by atoms with Crippen LogP contribution in [0.25, 0.3) is 0 Å². The first-order valence-electron chi connectivity index (χ1n) is 7.13. The van der Waals surface area contributed by atoms with Gasteiger partial charge < -0.3 is 0 Å². The maximum Gasteiger partial charge on any atom is 0.165 e. The zero-order valence-electron chi connectivity index (χ0n) is 11.6. The van der Waals surface area contributed by atoms with Crippen molar-refractivity contribution in [1.82, 2.24) is 0 Å². The van der Waals surface area contributed by atoms with E-state index in [-0.39, 0.29) is 11.3 Å². The normalized spacial score (nSPS) is 10.7. The lowest BCUT2D eigenvalue weighted by Crippen LogP contribution is -2.03. The highest BCUT2D eigenvalue weighted by molar-refractivity contribution is 5.96. The first kappa shape index (κ1) is 15.8. The van der Waals surface area contributed by atoms with E-state index in [0.717, 1.165) is 37.5 Å². The van der Waals surface area contributed by atoms with E-state index in [1.807, 2.05) is 0 Å². The van der Waals surface area contributed by atoms with Crippen LogP contribution in [-0.4, -0.2) is 5.78 Å². The van der Waals surface area contributed by atoms with Gasteiger partial charge >= 0.3 is 0 Å². The number of carbonyl (C=O) groups excluding carboxylic acids is 1. The third-order valence-corrected chi connectivity index (χ3v) is 3.24. The van der Waals surface area contributed by atoms with Crippen molar-refractivity contribution in [3.05, 3.63) is 35.4 Å². The van der Waals surface area contributed by atoms with Crippen LogP contribution in [0.15, 0.2) is 18.2 Å². The van der Waals surface area contributed by atoms with Crippen LogP contribution in [0.4, 0.5) is 8.78 Å². The number of Topliss-reactive ketones (excluding diaryl/α,β-unsaturated/α-hetero) is 1. The molecule has 0 N–H and O–H groups in total. The summed E-state index contributed by atoms with van der Waals surface area (Å²) in [6, 6.07) is 3.02. The van der Waals surface area contributed by atoms with Gasteiger partial charge in [-0.15, -0.1) is 0 Å². The minimum absolute atomic E-state index is 0.119. The molecule has 0 spiro atoms. The van der Waals surface area contributed by atoms with Crippen molar-refractivity contribution in [2.24, 2.45) is 0 Å². The average molecular weight is 268 g/mol. The summed E-state index contributed by atoms with van der Waals surface area (Å²) >= 11 is 0. The summed E-state index contributed by atoms with van der Waals surface area (Å²) in [4.78, 5) is 11.7. The highest BCUT2D eigenvalue weighted by Gasteiger charge is 2.12. The summed E-state index contributed by atoms with van der Waals surface area (Å²) in [6.45, 7) is 2.17. The number of benzene rings is 1. The summed E-state index contributed by atoms with van der Waals surface area (Å²) in [7, 11) is 0. The minimum Gasteiger partial charge on any atom is -0.294 e. The molecule has 0 saturated carbocycles. The van der Waals surface area contributed by atoms with Crippen LogP contribution in [0.1, 0.15) is 68.6 Å². The second-order valence-electron chi connectivity index (χ2n) is 4.92. The zero-order valence-corrected chi connectivity index (χ0v) is 11.6. The Kier molecular flexibility index (Phi) is 7.31. The summed E-state index contributed by atoms with van der Waals surface area (Å²) in [6.07, 6.45) is 8.05. The Balaban J connectivity index is 2.26. The van der Waals surface area contributed by atoms with Crippen molar-refractivity contribution < 1.29 is 13.6 Å². The van der Waals surface area contributed by atoms with Gasteiger partial charge in [-0.3, -0.25) is 4.79 Å². The Morgan fingerprint density at radius 3 is 2.32 bits per heavy atom. The smallest absolute Gasteiger partial charge is 0.165 e. The molecule has 0 fully saturated rings. The second-order valence-corrected chi connectivity index (χ2v) is 4.92.